The fraction of sp³-hybridized carbons (Fsp3) is 0.182. The first-order valence-electron chi connectivity index (χ1n) is 4.84. The lowest BCUT2D eigenvalue weighted by Crippen LogP contribution is -2.03. The maximum atomic E-state index is 12.2. The minimum atomic E-state index is -2.86. The zero-order valence-corrected chi connectivity index (χ0v) is 8.98. The van der Waals surface area contributed by atoms with Gasteiger partial charge in [-0.3, -0.25) is 0 Å². The number of hydrogen-bond acceptors (Lipinski definition) is 4. The van der Waals surface area contributed by atoms with Crippen molar-refractivity contribution in [3.63, 3.8) is 0 Å². The Bertz CT molecular complexity index is 526. The molecular weight excluding hydrogens is 230 g/mol. The second-order valence-electron chi connectivity index (χ2n) is 3.47. The van der Waals surface area contributed by atoms with Crippen LogP contribution in [0.15, 0.2) is 28.9 Å². The Hall–Kier alpha value is -2.11. The Morgan fingerprint density at radius 1 is 1.41 bits per heavy atom. The molecule has 0 radical (unpaired) electrons. The van der Waals surface area contributed by atoms with Gasteiger partial charge < -0.3 is 15.0 Å². The number of nitrogen functional groups attached to an aromatic ring is 1. The molecule has 0 atom stereocenters. The van der Waals surface area contributed by atoms with Gasteiger partial charge in [0.2, 0.25) is 0 Å². The standard InChI is InChI=1S/C11H10F2N2O2/c1-6-2-3-7(4-9(6)16-11(12)13)10-8(14)5-15-17-10/h2-5,11H,14H2,1H3. The molecule has 1 aromatic carbocycles. The number of rotatable bonds is 3. The van der Waals surface area contributed by atoms with E-state index < -0.39 is 6.61 Å². The molecule has 0 saturated heterocycles. The van der Waals surface area contributed by atoms with Crippen molar-refractivity contribution in [1.29, 1.82) is 0 Å². The number of halogens is 2. The summed E-state index contributed by atoms with van der Waals surface area (Å²) in [5.41, 5.74) is 7.11. The Morgan fingerprint density at radius 3 is 2.76 bits per heavy atom. The fourth-order valence-corrected chi connectivity index (χ4v) is 1.43. The van der Waals surface area contributed by atoms with Crippen LogP contribution in [0.3, 0.4) is 0 Å². The second kappa shape index (κ2) is 4.40. The molecule has 0 unspecified atom stereocenters. The summed E-state index contributed by atoms with van der Waals surface area (Å²) >= 11 is 0. The van der Waals surface area contributed by atoms with Gasteiger partial charge in [0.15, 0.2) is 5.76 Å². The Kier molecular flexibility index (Phi) is 2.95. The van der Waals surface area contributed by atoms with Gasteiger partial charge in [-0.05, 0) is 18.6 Å². The molecule has 0 saturated carbocycles. The molecule has 0 aliphatic rings. The second-order valence-corrected chi connectivity index (χ2v) is 3.47. The van der Waals surface area contributed by atoms with Crippen molar-refractivity contribution in [3.8, 4) is 17.1 Å². The summed E-state index contributed by atoms with van der Waals surface area (Å²) in [6, 6.07) is 4.79. The average Bonchev–Trinajstić information content (AvgIpc) is 2.67. The van der Waals surface area contributed by atoms with Crippen molar-refractivity contribution in [2.24, 2.45) is 0 Å². The molecule has 2 aromatic rings. The number of nitrogens with two attached hydrogens (primary N) is 1. The number of hydrogen-bond donors (Lipinski definition) is 1. The molecule has 1 aromatic heterocycles. The van der Waals surface area contributed by atoms with Crippen molar-refractivity contribution < 1.29 is 18.0 Å². The predicted octanol–water partition coefficient (Wildman–Crippen LogP) is 2.83. The van der Waals surface area contributed by atoms with Crippen molar-refractivity contribution in [3.05, 3.63) is 30.0 Å². The summed E-state index contributed by atoms with van der Waals surface area (Å²) in [4.78, 5) is 0. The van der Waals surface area contributed by atoms with E-state index in [2.05, 4.69) is 9.89 Å². The van der Waals surface area contributed by atoms with E-state index in [0.29, 0.717) is 22.6 Å². The van der Waals surface area contributed by atoms with E-state index in [1.165, 1.54) is 12.3 Å². The number of benzene rings is 1. The van der Waals surface area contributed by atoms with Crippen LogP contribution in [0.4, 0.5) is 14.5 Å². The minimum absolute atomic E-state index is 0.0910. The molecule has 0 spiro atoms. The van der Waals surface area contributed by atoms with Crippen LogP contribution in [0.25, 0.3) is 11.3 Å². The maximum absolute atomic E-state index is 12.2. The van der Waals surface area contributed by atoms with E-state index in [1.54, 1.807) is 19.1 Å². The maximum Gasteiger partial charge on any atom is 0.387 e. The lowest BCUT2D eigenvalue weighted by molar-refractivity contribution is -0.0502. The Balaban J connectivity index is 2.41. The fourth-order valence-electron chi connectivity index (χ4n) is 1.43. The molecule has 0 fully saturated rings. The van der Waals surface area contributed by atoms with Crippen molar-refractivity contribution in [2.75, 3.05) is 5.73 Å². The Morgan fingerprint density at radius 2 is 2.18 bits per heavy atom. The largest absolute Gasteiger partial charge is 0.435 e. The number of ether oxygens (including phenoxy) is 1. The van der Waals surface area contributed by atoms with Crippen LogP contribution in [0.2, 0.25) is 0 Å². The van der Waals surface area contributed by atoms with Crippen LogP contribution in [-0.2, 0) is 0 Å². The first kappa shape index (κ1) is 11.4. The van der Waals surface area contributed by atoms with Crippen molar-refractivity contribution >= 4 is 5.69 Å². The van der Waals surface area contributed by atoms with Gasteiger partial charge in [0.05, 0.1) is 6.20 Å². The molecule has 17 heavy (non-hydrogen) atoms. The van der Waals surface area contributed by atoms with E-state index in [1.807, 2.05) is 0 Å². The summed E-state index contributed by atoms with van der Waals surface area (Å²) in [5.74, 6) is 0.428. The molecule has 6 heteroatoms. The molecule has 4 nitrogen and oxygen atoms in total. The highest BCUT2D eigenvalue weighted by atomic mass is 19.3. The number of aryl methyl sites for hydroxylation is 1. The third-order valence-electron chi connectivity index (χ3n) is 2.26. The van der Waals surface area contributed by atoms with Crippen molar-refractivity contribution in [1.82, 2.24) is 5.16 Å². The zero-order chi connectivity index (χ0) is 12.4. The van der Waals surface area contributed by atoms with Gasteiger partial charge >= 0.3 is 6.61 Å². The topological polar surface area (TPSA) is 61.3 Å². The van der Waals surface area contributed by atoms with E-state index in [9.17, 15) is 8.78 Å². The van der Waals surface area contributed by atoms with Gasteiger partial charge in [0.25, 0.3) is 0 Å². The summed E-state index contributed by atoms with van der Waals surface area (Å²) in [6.45, 7) is -1.19. The van der Waals surface area contributed by atoms with Gasteiger partial charge in [-0.15, -0.1) is 0 Å². The lowest BCUT2D eigenvalue weighted by Gasteiger charge is -2.08. The lowest BCUT2D eigenvalue weighted by atomic mass is 10.1. The van der Waals surface area contributed by atoms with Gasteiger partial charge in [-0.2, -0.15) is 8.78 Å². The SMILES string of the molecule is Cc1ccc(-c2oncc2N)cc1OC(F)F. The van der Waals surface area contributed by atoms with Crippen LogP contribution >= 0.6 is 0 Å². The third kappa shape index (κ3) is 2.35. The third-order valence-corrected chi connectivity index (χ3v) is 2.26. The monoisotopic (exact) mass is 240 g/mol. The van der Waals surface area contributed by atoms with Gasteiger partial charge in [-0.25, -0.2) is 0 Å². The highest BCUT2D eigenvalue weighted by Gasteiger charge is 2.12. The van der Waals surface area contributed by atoms with E-state index in [-0.39, 0.29) is 5.75 Å². The number of alkyl halides is 2. The van der Waals surface area contributed by atoms with E-state index in [0.717, 1.165) is 0 Å². The van der Waals surface area contributed by atoms with Crippen LogP contribution in [0.1, 0.15) is 5.56 Å². The zero-order valence-electron chi connectivity index (χ0n) is 8.98. The normalized spacial score (nSPS) is 10.8. The Labute approximate surface area is 96.0 Å². The van der Waals surface area contributed by atoms with Gasteiger partial charge in [0, 0.05) is 5.56 Å². The minimum Gasteiger partial charge on any atom is -0.435 e. The smallest absolute Gasteiger partial charge is 0.387 e. The van der Waals surface area contributed by atoms with Crippen LogP contribution in [0.5, 0.6) is 5.75 Å². The molecule has 90 valence electrons. The summed E-state index contributed by atoms with van der Waals surface area (Å²) < 4.78 is 33.7. The number of anilines is 1. The van der Waals surface area contributed by atoms with Crippen LogP contribution in [-0.4, -0.2) is 11.8 Å². The summed E-state index contributed by atoms with van der Waals surface area (Å²) in [7, 11) is 0. The van der Waals surface area contributed by atoms with Gasteiger partial charge in [0.1, 0.15) is 11.4 Å². The molecular formula is C11H10F2N2O2. The van der Waals surface area contributed by atoms with E-state index in [4.69, 9.17) is 10.3 Å². The summed E-state index contributed by atoms with van der Waals surface area (Å²) in [5, 5.41) is 3.52. The molecule has 2 rings (SSSR count). The quantitative estimate of drug-likeness (QED) is 0.896. The highest BCUT2D eigenvalue weighted by molar-refractivity contribution is 5.71. The van der Waals surface area contributed by atoms with Gasteiger partial charge in [-0.1, -0.05) is 17.3 Å². The molecule has 0 aliphatic carbocycles. The molecule has 0 amide bonds. The van der Waals surface area contributed by atoms with Crippen LogP contribution in [0, 0.1) is 6.92 Å². The molecule has 2 N–H and O–H groups in total. The first-order chi connectivity index (χ1) is 8.08. The molecule has 0 aliphatic heterocycles. The average molecular weight is 240 g/mol. The molecule has 1 heterocycles. The number of aromatic nitrogens is 1. The highest BCUT2D eigenvalue weighted by Crippen LogP contribution is 2.30. The first-order valence-corrected chi connectivity index (χ1v) is 4.84. The van der Waals surface area contributed by atoms with E-state index >= 15 is 0 Å². The predicted molar refractivity (Wildman–Crippen MR) is 57.7 cm³/mol. The van der Waals surface area contributed by atoms with Crippen molar-refractivity contribution in [2.45, 2.75) is 13.5 Å². The molecule has 0 bridgehead atoms. The van der Waals surface area contributed by atoms with Crippen LogP contribution < -0.4 is 10.5 Å². The summed E-state index contributed by atoms with van der Waals surface area (Å²) in [6.07, 6.45) is 1.35. The number of nitrogens with zero attached hydrogens (tertiary/aromatic N) is 1.